The van der Waals surface area contributed by atoms with Crippen LogP contribution in [-0.2, 0) is 6.54 Å². The number of amides is 1. The number of fused-ring (bicyclic) bond motifs is 1. The molecule has 0 unspecified atom stereocenters. The predicted molar refractivity (Wildman–Crippen MR) is 125 cm³/mol. The molecule has 0 bridgehead atoms. The molecular formula is C26H30N2O3. The van der Waals surface area contributed by atoms with Gasteiger partial charge in [0, 0.05) is 35.3 Å². The summed E-state index contributed by atoms with van der Waals surface area (Å²) >= 11 is 0. The van der Waals surface area contributed by atoms with Gasteiger partial charge in [-0.2, -0.15) is 0 Å². The first kappa shape index (κ1) is 21.2. The molecule has 0 saturated heterocycles. The van der Waals surface area contributed by atoms with Gasteiger partial charge in [0.05, 0.1) is 0 Å². The van der Waals surface area contributed by atoms with Crippen molar-refractivity contribution in [1.29, 1.82) is 0 Å². The minimum atomic E-state index is -0.343. The SMILES string of the molecule is Cc1cc(C(=O)NC2CCCCC2)ccc1NCc1cc(=O)oc2c(C)c(C)ccc12. The van der Waals surface area contributed by atoms with Gasteiger partial charge >= 0.3 is 5.63 Å². The smallest absolute Gasteiger partial charge is 0.336 e. The van der Waals surface area contributed by atoms with Crippen molar-refractivity contribution in [2.45, 2.75) is 65.5 Å². The third kappa shape index (κ3) is 4.66. The lowest BCUT2D eigenvalue weighted by atomic mass is 9.95. The van der Waals surface area contributed by atoms with Gasteiger partial charge in [-0.1, -0.05) is 31.4 Å². The molecule has 162 valence electrons. The molecule has 1 saturated carbocycles. The van der Waals surface area contributed by atoms with E-state index in [4.69, 9.17) is 4.42 Å². The summed E-state index contributed by atoms with van der Waals surface area (Å²) in [7, 11) is 0. The van der Waals surface area contributed by atoms with Crippen LogP contribution in [0.3, 0.4) is 0 Å². The Morgan fingerprint density at radius 1 is 1.00 bits per heavy atom. The van der Waals surface area contributed by atoms with E-state index in [1.807, 2.05) is 51.1 Å². The van der Waals surface area contributed by atoms with Gasteiger partial charge in [-0.15, -0.1) is 0 Å². The van der Waals surface area contributed by atoms with Crippen molar-refractivity contribution in [3.63, 3.8) is 0 Å². The lowest BCUT2D eigenvalue weighted by Gasteiger charge is -2.23. The zero-order valence-electron chi connectivity index (χ0n) is 18.5. The van der Waals surface area contributed by atoms with Crippen LogP contribution < -0.4 is 16.3 Å². The van der Waals surface area contributed by atoms with Crippen LogP contribution in [0, 0.1) is 20.8 Å². The number of nitrogens with one attached hydrogen (secondary N) is 2. The Balaban J connectivity index is 1.50. The van der Waals surface area contributed by atoms with E-state index in [1.165, 1.54) is 19.3 Å². The van der Waals surface area contributed by atoms with E-state index < -0.39 is 0 Å². The van der Waals surface area contributed by atoms with Crippen LogP contribution in [0.25, 0.3) is 11.0 Å². The van der Waals surface area contributed by atoms with Crippen molar-refractivity contribution in [2.24, 2.45) is 0 Å². The first-order chi connectivity index (χ1) is 14.9. The molecule has 1 aliphatic carbocycles. The van der Waals surface area contributed by atoms with Gasteiger partial charge in [0.15, 0.2) is 0 Å². The molecule has 1 fully saturated rings. The molecule has 0 aliphatic heterocycles. The van der Waals surface area contributed by atoms with Crippen LogP contribution in [-0.4, -0.2) is 11.9 Å². The molecule has 2 aromatic carbocycles. The largest absolute Gasteiger partial charge is 0.422 e. The molecule has 5 nitrogen and oxygen atoms in total. The molecule has 1 amide bonds. The molecule has 3 aromatic rings. The van der Waals surface area contributed by atoms with E-state index in [0.717, 1.165) is 46.2 Å². The zero-order valence-corrected chi connectivity index (χ0v) is 18.5. The number of aryl methyl sites for hydroxylation is 3. The van der Waals surface area contributed by atoms with Crippen molar-refractivity contribution >= 4 is 22.6 Å². The normalized spacial score (nSPS) is 14.5. The Hall–Kier alpha value is -3.08. The van der Waals surface area contributed by atoms with E-state index in [2.05, 4.69) is 10.6 Å². The highest BCUT2D eigenvalue weighted by atomic mass is 16.4. The highest BCUT2D eigenvalue weighted by Crippen LogP contribution is 2.25. The van der Waals surface area contributed by atoms with Crippen LogP contribution >= 0.6 is 0 Å². The number of anilines is 1. The number of benzene rings is 2. The molecule has 2 N–H and O–H groups in total. The van der Waals surface area contributed by atoms with Crippen molar-refractivity contribution in [2.75, 3.05) is 5.32 Å². The predicted octanol–water partition coefficient (Wildman–Crippen LogP) is 5.39. The molecule has 4 rings (SSSR count). The van der Waals surface area contributed by atoms with Crippen molar-refractivity contribution in [3.05, 3.63) is 74.6 Å². The molecular weight excluding hydrogens is 388 g/mol. The summed E-state index contributed by atoms with van der Waals surface area (Å²) in [5.74, 6) is -0.000873. The van der Waals surface area contributed by atoms with Crippen molar-refractivity contribution in [1.82, 2.24) is 5.32 Å². The highest BCUT2D eigenvalue weighted by molar-refractivity contribution is 5.95. The Morgan fingerprint density at radius 2 is 1.77 bits per heavy atom. The summed E-state index contributed by atoms with van der Waals surface area (Å²) in [6.07, 6.45) is 5.80. The molecule has 1 aliphatic rings. The van der Waals surface area contributed by atoms with Gasteiger partial charge < -0.3 is 15.1 Å². The Kier molecular flexibility index (Phi) is 6.12. The third-order valence-electron chi connectivity index (χ3n) is 6.42. The van der Waals surface area contributed by atoms with Crippen molar-refractivity contribution < 1.29 is 9.21 Å². The first-order valence-electron chi connectivity index (χ1n) is 11.1. The maximum atomic E-state index is 12.6. The fourth-order valence-corrected chi connectivity index (χ4v) is 4.38. The number of hydrogen-bond acceptors (Lipinski definition) is 4. The van der Waals surface area contributed by atoms with E-state index in [1.54, 1.807) is 6.07 Å². The lowest BCUT2D eigenvalue weighted by molar-refractivity contribution is 0.0927. The van der Waals surface area contributed by atoms with E-state index >= 15 is 0 Å². The fraction of sp³-hybridized carbons (Fsp3) is 0.385. The van der Waals surface area contributed by atoms with Gasteiger partial charge in [-0.3, -0.25) is 4.79 Å². The monoisotopic (exact) mass is 418 g/mol. The van der Waals surface area contributed by atoms with Gasteiger partial charge in [0.25, 0.3) is 5.91 Å². The molecule has 1 aromatic heterocycles. The maximum Gasteiger partial charge on any atom is 0.336 e. The van der Waals surface area contributed by atoms with E-state index in [0.29, 0.717) is 23.7 Å². The second kappa shape index (κ2) is 8.96. The fourth-order valence-electron chi connectivity index (χ4n) is 4.38. The molecule has 31 heavy (non-hydrogen) atoms. The highest BCUT2D eigenvalue weighted by Gasteiger charge is 2.17. The lowest BCUT2D eigenvalue weighted by Crippen LogP contribution is -2.36. The summed E-state index contributed by atoms with van der Waals surface area (Å²) < 4.78 is 5.47. The van der Waals surface area contributed by atoms with Crippen molar-refractivity contribution in [3.8, 4) is 0 Å². The Labute approximate surface area is 182 Å². The van der Waals surface area contributed by atoms with Gasteiger partial charge in [-0.25, -0.2) is 4.79 Å². The van der Waals surface area contributed by atoms with E-state index in [-0.39, 0.29) is 11.5 Å². The van der Waals surface area contributed by atoms with Crippen LogP contribution in [0.1, 0.15) is 64.7 Å². The number of rotatable bonds is 5. The third-order valence-corrected chi connectivity index (χ3v) is 6.42. The average Bonchev–Trinajstić information content (AvgIpc) is 2.76. The summed E-state index contributed by atoms with van der Waals surface area (Å²) in [4.78, 5) is 24.7. The zero-order chi connectivity index (χ0) is 22.0. The molecule has 0 radical (unpaired) electrons. The standard InChI is InChI=1S/C26H30N2O3/c1-16-9-11-22-20(14-24(29)31-25(22)18(16)3)15-27-23-12-10-19(13-17(23)2)26(30)28-21-7-5-4-6-8-21/h9-14,21,27H,4-8,15H2,1-3H3,(H,28,30). The second-order valence-corrected chi connectivity index (χ2v) is 8.67. The second-order valence-electron chi connectivity index (χ2n) is 8.67. The average molecular weight is 419 g/mol. The van der Waals surface area contributed by atoms with Crippen LogP contribution in [0.15, 0.2) is 45.6 Å². The Morgan fingerprint density at radius 3 is 2.52 bits per heavy atom. The molecule has 0 atom stereocenters. The Bertz CT molecular complexity index is 1170. The van der Waals surface area contributed by atoms with Gasteiger partial charge in [0.2, 0.25) is 0 Å². The number of carbonyl (C=O) groups excluding carboxylic acids is 1. The van der Waals surface area contributed by atoms with E-state index in [9.17, 15) is 9.59 Å². The van der Waals surface area contributed by atoms with Crippen LogP contribution in [0.2, 0.25) is 0 Å². The first-order valence-corrected chi connectivity index (χ1v) is 11.1. The van der Waals surface area contributed by atoms with Crippen LogP contribution in [0.4, 0.5) is 5.69 Å². The summed E-state index contributed by atoms with van der Waals surface area (Å²) in [6, 6.07) is 11.6. The van der Waals surface area contributed by atoms with Gasteiger partial charge in [0.1, 0.15) is 5.58 Å². The van der Waals surface area contributed by atoms with Gasteiger partial charge in [-0.05, 0) is 74.1 Å². The maximum absolute atomic E-state index is 12.6. The quantitative estimate of drug-likeness (QED) is 0.545. The molecule has 5 heteroatoms. The number of carbonyl (C=O) groups is 1. The summed E-state index contributed by atoms with van der Waals surface area (Å²) in [5.41, 5.74) is 5.91. The summed E-state index contributed by atoms with van der Waals surface area (Å²) in [5, 5.41) is 7.53. The minimum Gasteiger partial charge on any atom is -0.422 e. The summed E-state index contributed by atoms with van der Waals surface area (Å²) in [6.45, 7) is 6.47. The number of hydrogen-bond donors (Lipinski definition) is 2. The molecule has 1 heterocycles. The minimum absolute atomic E-state index is 0.000873. The van der Waals surface area contributed by atoms with Crippen LogP contribution in [0.5, 0.6) is 0 Å². The molecule has 0 spiro atoms. The topological polar surface area (TPSA) is 71.3 Å².